The van der Waals surface area contributed by atoms with Crippen LogP contribution >= 0.6 is 12.2 Å². The molecule has 0 radical (unpaired) electrons. The van der Waals surface area contributed by atoms with Gasteiger partial charge < -0.3 is 11.1 Å². The summed E-state index contributed by atoms with van der Waals surface area (Å²) in [7, 11) is 0. The number of aryl methyl sites for hydroxylation is 1. The first-order valence-electron chi connectivity index (χ1n) is 6.81. The predicted octanol–water partition coefficient (Wildman–Crippen LogP) is 3.80. The largest absolute Gasteiger partial charge is 0.389 e. The second-order valence-electron chi connectivity index (χ2n) is 4.72. The lowest BCUT2D eigenvalue weighted by molar-refractivity contribution is 0.795. The Labute approximate surface area is 125 Å². The highest BCUT2D eigenvalue weighted by molar-refractivity contribution is 7.80. The monoisotopic (exact) mass is 285 g/mol. The van der Waals surface area contributed by atoms with Crippen molar-refractivity contribution in [1.82, 2.24) is 4.98 Å². The van der Waals surface area contributed by atoms with Gasteiger partial charge in [-0.15, -0.1) is 0 Å². The molecule has 0 saturated carbocycles. The Kier molecular flexibility index (Phi) is 5.07. The molecule has 0 bridgehead atoms. The number of rotatable bonds is 6. The van der Waals surface area contributed by atoms with Gasteiger partial charge in [0.25, 0.3) is 0 Å². The van der Waals surface area contributed by atoms with Crippen molar-refractivity contribution in [2.45, 2.75) is 26.2 Å². The smallest absolute Gasteiger partial charge is 0.130 e. The fourth-order valence-corrected chi connectivity index (χ4v) is 2.02. The van der Waals surface area contributed by atoms with Gasteiger partial charge in [0.1, 0.15) is 10.8 Å². The minimum atomic E-state index is 0.365. The average molecular weight is 285 g/mol. The molecular weight excluding hydrogens is 266 g/mol. The highest BCUT2D eigenvalue weighted by Crippen LogP contribution is 2.16. The molecule has 0 unspecified atom stereocenters. The van der Waals surface area contributed by atoms with Crippen molar-refractivity contribution in [3.63, 3.8) is 0 Å². The number of hydrogen-bond acceptors (Lipinski definition) is 3. The zero-order chi connectivity index (χ0) is 14.4. The molecule has 1 aromatic carbocycles. The SMILES string of the molecule is CCCCc1ccc(Nc2ccc(C(N)=S)cn2)cc1. The summed E-state index contributed by atoms with van der Waals surface area (Å²) in [6, 6.07) is 12.2. The van der Waals surface area contributed by atoms with Crippen LogP contribution in [-0.2, 0) is 6.42 Å². The van der Waals surface area contributed by atoms with E-state index in [1.807, 2.05) is 12.1 Å². The molecule has 3 nitrogen and oxygen atoms in total. The third-order valence-corrected chi connectivity index (χ3v) is 3.33. The van der Waals surface area contributed by atoms with Crippen LogP contribution < -0.4 is 11.1 Å². The van der Waals surface area contributed by atoms with Crippen LogP contribution in [0, 0.1) is 0 Å². The van der Waals surface area contributed by atoms with E-state index in [2.05, 4.69) is 41.5 Å². The summed E-state index contributed by atoms with van der Waals surface area (Å²) in [6.45, 7) is 2.21. The third kappa shape index (κ3) is 4.03. The maximum absolute atomic E-state index is 5.54. The van der Waals surface area contributed by atoms with Crippen LogP contribution in [0.3, 0.4) is 0 Å². The van der Waals surface area contributed by atoms with Crippen LogP contribution in [-0.4, -0.2) is 9.97 Å². The van der Waals surface area contributed by atoms with E-state index in [0.717, 1.165) is 23.5 Å². The lowest BCUT2D eigenvalue weighted by atomic mass is 10.1. The molecule has 0 saturated heterocycles. The van der Waals surface area contributed by atoms with E-state index in [0.29, 0.717) is 4.99 Å². The molecule has 0 atom stereocenters. The summed E-state index contributed by atoms with van der Waals surface area (Å²) in [5.74, 6) is 0.784. The minimum Gasteiger partial charge on any atom is -0.389 e. The van der Waals surface area contributed by atoms with Gasteiger partial charge in [0.15, 0.2) is 0 Å². The van der Waals surface area contributed by atoms with E-state index >= 15 is 0 Å². The lowest BCUT2D eigenvalue weighted by Gasteiger charge is -2.07. The van der Waals surface area contributed by atoms with Crippen molar-refractivity contribution in [3.8, 4) is 0 Å². The lowest BCUT2D eigenvalue weighted by Crippen LogP contribution is -2.09. The molecule has 1 heterocycles. The number of nitrogens with one attached hydrogen (secondary N) is 1. The van der Waals surface area contributed by atoms with E-state index in [-0.39, 0.29) is 0 Å². The fraction of sp³-hybridized carbons (Fsp3) is 0.250. The molecule has 0 fully saturated rings. The summed E-state index contributed by atoms with van der Waals surface area (Å²) >= 11 is 4.90. The molecule has 4 heteroatoms. The van der Waals surface area contributed by atoms with Crippen molar-refractivity contribution < 1.29 is 0 Å². The van der Waals surface area contributed by atoms with Crippen LogP contribution in [0.2, 0.25) is 0 Å². The van der Waals surface area contributed by atoms with Crippen LogP contribution in [0.1, 0.15) is 30.9 Å². The topological polar surface area (TPSA) is 50.9 Å². The number of pyridine rings is 1. The van der Waals surface area contributed by atoms with Crippen molar-refractivity contribution in [1.29, 1.82) is 0 Å². The van der Waals surface area contributed by atoms with E-state index in [1.165, 1.54) is 18.4 Å². The number of thiocarbonyl (C=S) groups is 1. The van der Waals surface area contributed by atoms with E-state index < -0.39 is 0 Å². The van der Waals surface area contributed by atoms with Crippen molar-refractivity contribution in [2.75, 3.05) is 5.32 Å². The third-order valence-electron chi connectivity index (χ3n) is 3.09. The fourth-order valence-electron chi connectivity index (χ4n) is 1.90. The Morgan fingerprint density at radius 1 is 1.20 bits per heavy atom. The summed E-state index contributed by atoms with van der Waals surface area (Å²) in [5, 5.41) is 3.26. The van der Waals surface area contributed by atoms with Crippen molar-refractivity contribution >= 4 is 28.7 Å². The van der Waals surface area contributed by atoms with E-state index in [1.54, 1.807) is 6.20 Å². The van der Waals surface area contributed by atoms with Crippen LogP contribution in [0.25, 0.3) is 0 Å². The molecule has 20 heavy (non-hydrogen) atoms. The zero-order valence-electron chi connectivity index (χ0n) is 11.6. The number of benzene rings is 1. The van der Waals surface area contributed by atoms with Crippen LogP contribution in [0.5, 0.6) is 0 Å². The number of hydrogen-bond donors (Lipinski definition) is 2. The molecule has 2 aromatic rings. The molecule has 3 N–H and O–H groups in total. The number of unbranched alkanes of at least 4 members (excludes halogenated alkanes) is 1. The Morgan fingerprint density at radius 3 is 2.50 bits per heavy atom. The molecule has 104 valence electrons. The maximum atomic E-state index is 5.54. The number of nitrogens with zero attached hydrogens (tertiary/aromatic N) is 1. The minimum absolute atomic E-state index is 0.365. The second kappa shape index (κ2) is 7.01. The Bertz CT molecular complexity index is 561. The van der Waals surface area contributed by atoms with Gasteiger partial charge in [-0.2, -0.15) is 0 Å². The van der Waals surface area contributed by atoms with Gasteiger partial charge in [-0.3, -0.25) is 0 Å². The van der Waals surface area contributed by atoms with Gasteiger partial charge in [-0.25, -0.2) is 4.98 Å². The average Bonchev–Trinajstić information content (AvgIpc) is 2.47. The number of aromatic nitrogens is 1. The molecule has 0 amide bonds. The summed E-state index contributed by atoms with van der Waals surface area (Å²) < 4.78 is 0. The zero-order valence-corrected chi connectivity index (χ0v) is 12.4. The highest BCUT2D eigenvalue weighted by Gasteiger charge is 1.99. The Morgan fingerprint density at radius 2 is 1.95 bits per heavy atom. The normalized spacial score (nSPS) is 10.2. The molecule has 0 aliphatic carbocycles. The summed E-state index contributed by atoms with van der Waals surface area (Å²) in [5.41, 5.74) is 8.72. The van der Waals surface area contributed by atoms with Gasteiger partial charge in [0, 0.05) is 17.4 Å². The van der Waals surface area contributed by atoms with Crippen molar-refractivity contribution in [2.24, 2.45) is 5.73 Å². The Balaban J connectivity index is 2.00. The molecule has 0 aliphatic rings. The molecular formula is C16H19N3S. The number of anilines is 2. The van der Waals surface area contributed by atoms with Crippen LogP contribution in [0.15, 0.2) is 42.6 Å². The standard InChI is InChI=1S/C16H19N3S/c1-2-3-4-12-5-8-14(9-6-12)19-15-10-7-13(11-18-15)16(17)20/h5-11H,2-4H2,1H3,(H2,17,20)(H,18,19). The molecule has 2 rings (SSSR count). The van der Waals surface area contributed by atoms with Gasteiger partial charge in [0.05, 0.1) is 0 Å². The second-order valence-corrected chi connectivity index (χ2v) is 5.16. The first kappa shape index (κ1) is 14.5. The van der Waals surface area contributed by atoms with E-state index in [4.69, 9.17) is 18.0 Å². The van der Waals surface area contributed by atoms with Crippen LogP contribution in [0.4, 0.5) is 11.5 Å². The first-order chi connectivity index (χ1) is 9.69. The molecule has 1 aromatic heterocycles. The van der Waals surface area contributed by atoms with Gasteiger partial charge in [0.2, 0.25) is 0 Å². The van der Waals surface area contributed by atoms with Gasteiger partial charge in [-0.05, 0) is 42.7 Å². The number of nitrogens with two attached hydrogens (primary N) is 1. The van der Waals surface area contributed by atoms with Crippen molar-refractivity contribution in [3.05, 3.63) is 53.7 Å². The van der Waals surface area contributed by atoms with E-state index in [9.17, 15) is 0 Å². The molecule has 0 spiro atoms. The summed E-state index contributed by atoms with van der Waals surface area (Å²) in [6.07, 6.45) is 5.27. The Hall–Kier alpha value is -1.94. The van der Waals surface area contributed by atoms with Gasteiger partial charge in [-0.1, -0.05) is 37.7 Å². The first-order valence-corrected chi connectivity index (χ1v) is 7.21. The predicted molar refractivity (Wildman–Crippen MR) is 88.5 cm³/mol. The quantitative estimate of drug-likeness (QED) is 0.793. The highest BCUT2D eigenvalue weighted by atomic mass is 32.1. The summed E-state index contributed by atoms with van der Waals surface area (Å²) in [4.78, 5) is 4.65. The molecule has 0 aliphatic heterocycles. The van der Waals surface area contributed by atoms with Gasteiger partial charge >= 0.3 is 0 Å². The maximum Gasteiger partial charge on any atom is 0.130 e.